The van der Waals surface area contributed by atoms with Crippen molar-refractivity contribution >= 4 is 70.4 Å². The molecule has 2 nitrogen and oxygen atoms in total. The molecule has 0 fully saturated rings. The fraction of sp³-hybridized carbons (Fsp3) is 0. The Labute approximate surface area is 265 Å². The Bertz CT molecular complexity index is 2470. The molecule has 212 valence electrons. The van der Waals surface area contributed by atoms with E-state index in [-0.39, 0.29) is 0 Å². The topological polar surface area (TPSA) is 8.17 Å². The summed E-state index contributed by atoms with van der Waals surface area (Å²) in [5.41, 5.74) is 9.36. The van der Waals surface area contributed by atoms with Crippen LogP contribution in [-0.4, -0.2) is 4.57 Å². The van der Waals surface area contributed by atoms with Crippen molar-refractivity contribution < 1.29 is 0 Å². The molecule has 0 saturated heterocycles. The fourth-order valence-electron chi connectivity index (χ4n) is 6.69. The molecule has 3 heteroatoms. The van der Waals surface area contributed by atoms with Crippen molar-refractivity contribution in [3.05, 3.63) is 170 Å². The third-order valence-electron chi connectivity index (χ3n) is 8.78. The van der Waals surface area contributed by atoms with Crippen LogP contribution in [-0.2, 0) is 0 Å². The van der Waals surface area contributed by atoms with Crippen molar-refractivity contribution in [2.24, 2.45) is 0 Å². The normalized spacial score (nSPS) is 11.6. The summed E-state index contributed by atoms with van der Waals surface area (Å²) in [6, 6.07) is 61.4. The van der Waals surface area contributed by atoms with Gasteiger partial charge < -0.3 is 9.47 Å². The van der Waals surface area contributed by atoms with Gasteiger partial charge in [-0.25, -0.2) is 0 Å². The van der Waals surface area contributed by atoms with Gasteiger partial charge in [0.05, 0.1) is 11.0 Å². The first-order chi connectivity index (χ1) is 22.3. The number of nitrogens with zero attached hydrogens (tertiary/aromatic N) is 2. The molecule has 0 unspecified atom stereocenters. The SMILES string of the molecule is c1ccc(-c2ccc(N(c3ccc4sc5ccccc5c4c3)c3ccc4c5ccccc5n(-c5ccccc5)c4c3)cc2)cc1. The van der Waals surface area contributed by atoms with Crippen LogP contribution in [0, 0.1) is 0 Å². The molecule has 0 aliphatic heterocycles. The Balaban J connectivity index is 1.28. The van der Waals surface area contributed by atoms with Crippen LogP contribution in [0.3, 0.4) is 0 Å². The number of anilines is 3. The standard InChI is InChI=1S/C42H28N2S/c1-3-11-29(12-4-1)30-19-21-32(22-20-30)43(33-24-26-42-38(27-33)37-16-8-10-18-41(37)45-42)34-23-25-36-35-15-7-9-17-39(35)44(40(36)28-34)31-13-5-2-6-14-31/h1-28H. The minimum atomic E-state index is 1.12. The third-order valence-corrected chi connectivity index (χ3v) is 9.93. The lowest BCUT2D eigenvalue weighted by molar-refractivity contribution is 1.18. The molecule has 0 atom stereocenters. The highest BCUT2D eigenvalue weighted by Gasteiger charge is 2.18. The van der Waals surface area contributed by atoms with Crippen LogP contribution in [0.2, 0.25) is 0 Å². The molecule has 2 heterocycles. The van der Waals surface area contributed by atoms with Crippen molar-refractivity contribution in [1.82, 2.24) is 4.57 Å². The first-order valence-electron chi connectivity index (χ1n) is 15.3. The van der Waals surface area contributed by atoms with Crippen molar-refractivity contribution in [3.8, 4) is 16.8 Å². The molecule has 7 aromatic carbocycles. The number of thiophene rings is 1. The van der Waals surface area contributed by atoms with E-state index in [0.717, 1.165) is 22.7 Å². The van der Waals surface area contributed by atoms with E-state index in [0.29, 0.717) is 0 Å². The predicted octanol–water partition coefficient (Wildman–Crippen LogP) is 12.3. The van der Waals surface area contributed by atoms with Crippen LogP contribution in [0.25, 0.3) is 58.8 Å². The maximum absolute atomic E-state index is 2.40. The zero-order chi connectivity index (χ0) is 29.7. The van der Waals surface area contributed by atoms with E-state index in [9.17, 15) is 0 Å². The Morgan fingerprint density at radius 3 is 1.78 bits per heavy atom. The second-order valence-corrected chi connectivity index (χ2v) is 12.5. The Hall–Kier alpha value is -5.64. The van der Waals surface area contributed by atoms with E-state index < -0.39 is 0 Å². The summed E-state index contributed by atoms with van der Waals surface area (Å²) in [5, 5.41) is 5.10. The number of para-hydroxylation sites is 2. The lowest BCUT2D eigenvalue weighted by Crippen LogP contribution is -2.10. The Morgan fingerprint density at radius 1 is 0.378 bits per heavy atom. The van der Waals surface area contributed by atoms with Gasteiger partial charge in [-0.2, -0.15) is 0 Å². The van der Waals surface area contributed by atoms with E-state index in [1.165, 1.54) is 53.1 Å². The van der Waals surface area contributed by atoms with E-state index in [1.54, 1.807) is 0 Å². The first kappa shape index (κ1) is 25.8. The minimum absolute atomic E-state index is 1.12. The highest BCUT2D eigenvalue weighted by atomic mass is 32.1. The van der Waals surface area contributed by atoms with Gasteiger partial charge >= 0.3 is 0 Å². The second kappa shape index (κ2) is 10.5. The summed E-state index contributed by atoms with van der Waals surface area (Å²) in [5.74, 6) is 0. The number of benzene rings is 7. The monoisotopic (exact) mass is 592 g/mol. The number of aromatic nitrogens is 1. The van der Waals surface area contributed by atoms with Gasteiger partial charge in [-0.15, -0.1) is 11.3 Å². The summed E-state index contributed by atoms with van der Waals surface area (Å²) in [6.45, 7) is 0. The van der Waals surface area contributed by atoms with Crippen molar-refractivity contribution in [2.75, 3.05) is 4.90 Å². The fourth-order valence-corrected chi connectivity index (χ4v) is 7.77. The van der Waals surface area contributed by atoms with Gasteiger partial charge in [0.25, 0.3) is 0 Å². The average molecular weight is 593 g/mol. The molecule has 0 saturated carbocycles. The summed E-state index contributed by atoms with van der Waals surface area (Å²) >= 11 is 1.86. The van der Waals surface area contributed by atoms with Crippen LogP contribution in [0.1, 0.15) is 0 Å². The van der Waals surface area contributed by atoms with Crippen LogP contribution < -0.4 is 4.90 Å². The lowest BCUT2D eigenvalue weighted by Gasteiger charge is -2.26. The maximum atomic E-state index is 2.40. The van der Waals surface area contributed by atoms with Crippen LogP contribution in [0.5, 0.6) is 0 Å². The van der Waals surface area contributed by atoms with Crippen LogP contribution in [0.15, 0.2) is 170 Å². The molecule has 0 bridgehead atoms. The van der Waals surface area contributed by atoms with Gasteiger partial charge in [-0.05, 0) is 77.9 Å². The first-order valence-corrected chi connectivity index (χ1v) is 16.1. The Morgan fingerprint density at radius 2 is 0.956 bits per heavy atom. The van der Waals surface area contributed by atoms with Crippen molar-refractivity contribution in [2.45, 2.75) is 0 Å². The molecule has 9 rings (SSSR count). The number of rotatable bonds is 5. The highest BCUT2D eigenvalue weighted by molar-refractivity contribution is 7.25. The quantitative estimate of drug-likeness (QED) is 0.193. The van der Waals surface area contributed by atoms with Gasteiger partial charge in [-0.3, -0.25) is 0 Å². The minimum Gasteiger partial charge on any atom is -0.310 e. The number of hydrogen-bond donors (Lipinski definition) is 0. The number of hydrogen-bond acceptors (Lipinski definition) is 2. The van der Waals surface area contributed by atoms with Crippen molar-refractivity contribution in [3.63, 3.8) is 0 Å². The van der Waals surface area contributed by atoms with Gasteiger partial charge in [0, 0.05) is 53.7 Å². The van der Waals surface area contributed by atoms with Gasteiger partial charge in [0.15, 0.2) is 0 Å². The molecule has 0 N–H and O–H groups in total. The average Bonchev–Trinajstić information content (AvgIpc) is 3.65. The van der Waals surface area contributed by atoms with Crippen LogP contribution >= 0.6 is 11.3 Å². The lowest BCUT2D eigenvalue weighted by atomic mass is 10.0. The summed E-state index contributed by atoms with van der Waals surface area (Å²) in [4.78, 5) is 2.40. The van der Waals surface area contributed by atoms with E-state index >= 15 is 0 Å². The molecule has 9 aromatic rings. The summed E-state index contributed by atoms with van der Waals surface area (Å²) in [6.07, 6.45) is 0. The highest BCUT2D eigenvalue weighted by Crippen LogP contribution is 2.43. The third kappa shape index (κ3) is 4.32. The largest absolute Gasteiger partial charge is 0.310 e. The van der Waals surface area contributed by atoms with Crippen molar-refractivity contribution in [1.29, 1.82) is 0 Å². The number of fused-ring (bicyclic) bond motifs is 6. The van der Waals surface area contributed by atoms with E-state index in [2.05, 4.69) is 179 Å². The van der Waals surface area contributed by atoms with Crippen LogP contribution in [0.4, 0.5) is 17.1 Å². The summed E-state index contributed by atoms with van der Waals surface area (Å²) in [7, 11) is 0. The predicted molar refractivity (Wildman–Crippen MR) is 194 cm³/mol. The molecule has 2 aromatic heterocycles. The molecule has 0 radical (unpaired) electrons. The molecule has 0 spiro atoms. The molecule has 0 aliphatic rings. The molecule has 0 amide bonds. The Kier molecular flexibility index (Phi) is 6.03. The maximum Gasteiger partial charge on any atom is 0.0561 e. The van der Waals surface area contributed by atoms with E-state index in [1.807, 2.05) is 11.3 Å². The van der Waals surface area contributed by atoms with Gasteiger partial charge in [0.2, 0.25) is 0 Å². The molecule has 0 aliphatic carbocycles. The molecule has 45 heavy (non-hydrogen) atoms. The molecular weight excluding hydrogens is 565 g/mol. The zero-order valence-corrected chi connectivity index (χ0v) is 25.3. The molecular formula is C42H28N2S. The van der Waals surface area contributed by atoms with Gasteiger partial charge in [0.1, 0.15) is 0 Å². The second-order valence-electron chi connectivity index (χ2n) is 11.4. The zero-order valence-electron chi connectivity index (χ0n) is 24.5. The van der Waals surface area contributed by atoms with E-state index in [4.69, 9.17) is 0 Å². The van der Waals surface area contributed by atoms with Gasteiger partial charge in [-0.1, -0.05) is 103 Å². The summed E-state index contributed by atoms with van der Waals surface area (Å²) < 4.78 is 5.01. The smallest absolute Gasteiger partial charge is 0.0561 e.